The third kappa shape index (κ3) is 6.42. The summed E-state index contributed by atoms with van der Waals surface area (Å²) in [5.74, 6) is -2.97. The SMILES string of the molecule is Nc1ccc(N=Nc2ccc(C(=O)O)cc2)c(N)c1N=Nc1ccc(NN=C2C=CC(=O)C(C(=O)O)=C2)cc1. The first kappa shape index (κ1) is 26.1. The first-order valence-corrected chi connectivity index (χ1v) is 11.2. The van der Waals surface area contributed by atoms with Crippen LogP contribution < -0.4 is 16.9 Å². The van der Waals surface area contributed by atoms with Gasteiger partial charge in [-0.15, -0.1) is 10.2 Å². The van der Waals surface area contributed by atoms with Gasteiger partial charge in [-0.2, -0.15) is 15.3 Å². The highest BCUT2D eigenvalue weighted by Crippen LogP contribution is 2.38. The number of benzene rings is 3. The van der Waals surface area contributed by atoms with Crippen molar-refractivity contribution in [2.75, 3.05) is 16.9 Å². The lowest BCUT2D eigenvalue weighted by atomic mass is 10.0. The Morgan fingerprint density at radius 3 is 2.03 bits per heavy atom. The Balaban J connectivity index is 1.46. The number of allylic oxidation sites excluding steroid dienone is 3. The molecule has 3 aromatic carbocycles. The molecule has 1 aliphatic rings. The molecule has 3 aromatic rings. The molecule has 0 aromatic heterocycles. The third-order valence-electron chi connectivity index (χ3n) is 5.25. The van der Waals surface area contributed by atoms with Crippen molar-refractivity contribution >= 4 is 63.2 Å². The van der Waals surface area contributed by atoms with Crippen LogP contribution in [0.3, 0.4) is 0 Å². The smallest absolute Gasteiger partial charge is 0.339 e. The molecule has 0 unspecified atom stereocenters. The highest BCUT2D eigenvalue weighted by molar-refractivity contribution is 6.29. The lowest BCUT2D eigenvalue weighted by Gasteiger charge is -2.06. The van der Waals surface area contributed by atoms with E-state index in [-0.39, 0.29) is 33.9 Å². The Kier molecular flexibility index (Phi) is 7.62. The van der Waals surface area contributed by atoms with Crippen LogP contribution in [0.1, 0.15) is 10.4 Å². The predicted octanol–water partition coefficient (Wildman–Crippen LogP) is 5.30. The molecule has 0 aliphatic heterocycles. The second-order valence-electron chi connectivity index (χ2n) is 7.94. The second-order valence-corrected chi connectivity index (χ2v) is 7.94. The van der Waals surface area contributed by atoms with Crippen LogP contribution >= 0.6 is 0 Å². The van der Waals surface area contributed by atoms with Crippen LogP contribution in [0.15, 0.2) is 110 Å². The van der Waals surface area contributed by atoms with Crippen LogP contribution in [0, 0.1) is 0 Å². The lowest BCUT2D eigenvalue weighted by Crippen LogP contribution is -2.15. The number of hydrazone groups is 1. The highest BCUT2D eigenvalue weighted by Gasteiger charge is 2.18. The number of aromatic carboxylic acids is 1. The maximum atomic E-state index is 11.6. The molecule has 0 heterocycles. The maximum Gasteiger partial charge on any atom is 0.339 e. The first-order valence-electron chi connectivity index (χ1n) is 11.2. The number of anilines is 3. The van der Waals surface area contributed by atoms with E-state index in [1.165, 1.54) is 36.4 Å². The molecule has 0 amide bonds. The molecule has 0 saturated carbocycles. The number of azo groups is 2. The standard InChI is InChI=1S/C26H20N8O5/c27-20-10-11-21(33-30-15-3-1-14(2-4-15)25(36)37)23(28)24(20)34-31-17-7-5-16(6-8-17)29-32-18-9-12-22(35)19(13-18)26(38)39/h1-13,29H,27-28H2,(H,36,37)(H,38,39). The minimum absolute atomic E-state index is 0.131. The number of rotatable bonds is 8. The number of hydrogen-bond donors (Lipinski definition) is 5. The van der Waals surface area contributed by atoms with Crippen LogP contribution in [-0.4, -0.2) is 33.6 Å². The fraction of sp³-hybridized carbons (Fsp3) is 0. The summed E-state index contributed by atoms with van der Waals surface area (Å²) >= 11 is 0. The van der Waals surface area contributed by atoms with Crippen molar-refractivity contribution in [3.8, 4) is 0 Å². The van der Waals surface area contributed by atoms with E-state index >= 15 is 0 Å². The van der Waals surface area contributed by atoms with Crippen LogP contribution in [0.4, 0.5) is 39.8 Å². The van der Waals surface area contributed by atoms with E-state index in [2.05, 4.69) is 31.0 Å². The number of nitrogens with zero attached hydrogens (tertiary/aromatic N) is 5. The Morgan fingerprint density at radius 1 is 0.744 bits per heavy atom. The van der Waals surface area contributed by atoms with E-state index < -0.39 is 17.7 Å². The summed E-state index contributed by atoms with van der Waals surface area (Å²) in [6.45, 7) is 0. The summed E-state index contributed by atoms with van der Waals surface area (Å²) in [7, 11) is 0. The molecular weight excluding hydrogens is 504 g/mol. The molecule has 0 saturated heterocycles. The van der Waals surface area contributed by atoms with Gasteiger partial charge in [0.15, 0.2) is 5.78 Å². The van der Waals surface area contributed by atoms with Gasteiger partial charge in [0.25, 0.3) is 0 Å². The van der Waals surface area contributed by atoms with Gasteiger partial charge in [0.1, 0.15) is 16.9 Å². The van der Waals surface area contributed by atoms with Crippen LogP contribution in [0.25, 0.3) is 0 Å². The first-order chi connectivity index (χ1) is 18.7. The van der Waals surface area contributed by atoms with E-state index in [1.54, 1.807) is 36.4 Å². The highest BCUT2D eigenvalue weighted by atomic mass is 16.4. The van der Waals surface area contributed by atoms with Crippen molar-refractivity contribution in [3.05, 3.63) is 90.0 Å². The van der Waals surface area contributed by atoms with E-state index in [1.807, 2.05) is 0 Å². The molecule has 0 spiro atoms. The third-order valence-corrected chi connectivity index (χ3v) is 5.25. The van der Waals surface area contributed by atoms with Gasteiger partial charge in [-0.1, -0.05) is 0 Å². The van der Waals surface area contributed by atoms with Crippen molar-refractivity contribution in [2.45, 2.75) is 0 Å². The summed E-state index contributed by atoms with van der Waals surface area (Å²) in [6, 6.07) is 15.7. The molecule has 4 rings (SSSR count). The van der Waals surface area contributed by atoms with Gasteiger partial charge in [0.2, 0.25) is 0 Å². The number of carbonyl (C=O) groups is 3. The van der Waals surface area contributed by atoms with Crippen molar-refractivity contribution in [2.24, 2.45) is 25.6 Å². The van der Waals surface area contributed by atoms with Crippen LogP contribution in [0.2, 0.25) is 0 Å². The van der Waals surface area contributed by atoms with E-state index in [0.29, 0.717) is 22.7 Å². The molecule has 194 valence electrons. The number of aliphatic carboxylic acids is 1. The second kappa shape index (κ2) is 11.4. The molecule has 39 heavy (non-hydrogen) atoms. The Morgan fingerprint density at radius 2 is 1.38 bits per heavy atom. The zero-order valence-electron chi connectivity index (χ0n) is 20.0. The number of carboxylic acid groups (broad SMARTS) is 2. The lowest BCUT2D eigenvalue weighted by molar-refractivity contribution is -0.134. The fourth-order valence-electron chi connectivity index (χ4n) is 3.19. The van der Waals surface area contributed by atoms with Gasteiger partial charge < -0.3 is 21.7 Å². The molecule has 7 N–H and O–H groups in total. The van der Waals surface area contributed by atoms with Gasteiger partial charge in [0, 0.05) is 0 Å². The molecule has 0 radical (unpaired) electrons. The van der Waals surface area contributed by atoms with Gasteiger partial charge in [0.05, 0.1) is 39.7 Å². The number of carbonyl (C=O) groups excluding carboxylic acids is 1. The van der Waals surface area contributed by atoms with Gasteiger partial charge in [-0.3, -0.25) is 10.2 Å². The minimum atomic E-state index is -1.33. The van der Waals surface area contributed by atoms with Gasteiger partial charge in [-0.05, 0) is 78.9 Å². The number of hydrogen-bond acceptors (Lipinski definition) is 11. The summed E-state index contributed by atoms with van der Waals surface area (Å²) < 4.78 is 0. The average Bonchev–Trinajstić information content (AvgIpc) is 2.92. The molecule has 1 aliphatic carbocycles. The van der Waals surface area contributed by atoms with Crippen molar-refractivity contribution in [1.82, 2.24) is 0 Å². The average molecular weight is 524 g/mol. The predicted molar refractivity (Wildman–Crippen MR) is 144 cm³/mol. The molecule has 0 fully saturated rings. The van der Waals surface area contributed by atoms with E-state index in [0.717, 1.165) is 6.08 Å². The van der Waals surface area contributed by atoms with Gasteiger partial charge in [-0.25, -0.2) is 9.59 Å². The Hall–Kier alpha value is -5.98. The van der Waals surface area contributed by atoms with Crippen LogP contribution in [0.5, 0.6) is 0 Å². The summed E-state index contributed by atoms with van der Waals surface area (Å²) in [4.78, 5) is 33.6. The summed E-state index contributed by atoms with van der Waals surface area (Å²) in [5.41, 5.74) is 17.5. The molecular formula is C26H20N8O5. The quantitative estimate of drug-likeness (QED) is 0.0853. The molecule has 0 atom stereocenters. The zero-order valence-corrected chi connectivity index (χ0v) is 20.0. The maximum absolute atomic E-state index is 11.6. The Bertz CT molecular complexity index is 1600. The number of nitrogens with two attached hydrogens (primary N) is 2. The van der Waals surface area contributed by atoms with Crippen LogP contribution in [-0.2, 0) is 9.59 Å². The van der Waals surface area contributed by atoms with Crippen molar-refractivity contribution < 1.29 is 24.6 Å². The van der Waals surface area contributed by atoms with E-state index in [9.17, 15) is 14.4 Å². The molecule has 13 nitrogen and oxygen atoms in total. The number of carboxylic acids is 2. The number of nitrogens with one attached hydrogen (secondary N) is 1. The normalized spacial score (nSPS) is 14.2. The number of ketones is 1. The van der Waals surface area contributed by atoms with E-state index in [4.69, 9.17) is 21.7 Å². The molecule has 13 heteroatoms. The number of nitrogen functional groups attached to an aromatic ring is 2. The minimum Gasteiger partial charge on any atom is -0.478 e. The largest absolute Gasteiger partial charge is 0.478 e. The zero-order chi connectivity index (χ0) is 27.9. The topological polar surface area (TPSA) is 218 Å². The Labute approximate surface area is 220 Å². The summed E-state index contributed by atoms with van der Waals surface area (Å²) in [6.07, 6.45) is 3.72. The fourth-order valence-corrected chi connectivity index (χ4v) is 3.19. The van der Waals surface area contributed by atoms with Crippen molar-refractivity contribution in [3.63, 3.8) is 0 Å². The molecule has 0 bridgehead atoms. The van der Waals surface area contributed by atoms with Crippen molar-refractivity contribution in [1.29, 1.82) is 0 Å². The summed E-state index contributed by atoms with van der Waals surface area (Å²) in [5, 5.41) is 38.6. The van der Waals surface area contributed by atoms with Gasteiger partial charge >= 0.3 is 11.9 Å². The monoisotopic (exact) mass is 524 g/mol.